The van der Waals surface area contributed by atoms with Crippen molar-refractivity contribution in [1.29, 1.82) is 0 Å². The van der Waals surface area contributed by atoms with Crippen LogP contribution in [0.5, 0.6) is 0 Å². The molecule has 9 heteroatoms. The number of likely N-dealkylation sites (N-methyl/N-ethyl adjacent to an activating group) is 1. The van der Waals surface area contributed by atoms with Gasteiger partial charge in [-0.25, -0.2) is 4.98 Å². The Bertz CT molecular complexity index is 998. The van der Waals surface area contributed by atoms with Crippen LogP contribution in [0.3, 0.4) is 0 Å². The fraction of sp³-hybridized carbons (Fsp3) is 0.643. The normalized spacial score (nSPS) is 22.8. The number of hydrogen-bond acceptors (Lipinski definition) is 8. The van der Waals surface area contributed by atoms with E-state index in [4.69, 9.17) is 19.2 Å². The SMILES string of the molecule is CN(C[C@@H]1COCCO1)c1nc(-c2cccs2)ccc1C(=O)NCC1(N2CCOCC2)CCCCCC1. The Morgan fingerprint density at radius 2 is 1.92 bits per heavy atom. The molecular formula is C28H40N4O4S. The van der Waals surface area contributed by atoms with Gasteiger partial charge in [0.25, 0.3) is 5.91 Å². The third-order valence-corrected chi connectivity index (χ3v) is 8.80. The van der Waals surface area contributed by atoms with E-state index in [9.17, 15) is 4.79 Å². The van der Waals surface area contributed by atoms with Crippen LogP contribution in [0.1, 0.15) is 48.9 Å². The Kier molecular flexibility index (Phi) is 9.10. The quantitative estimate of drug-likeness (QED) is 0.522. The molecule has 1 N–H and O–H groups in total. The number of carbonyl (C=O) groups is 1. The smallest absolute Gasteiger partial charge is 0.255 e. The van der Waals surface area contributed by atoms with Crippen molar-refractivity contribution < 1.29 is 19.0 Å². The predicted molar refractivity (Wildman–Crippen MR) is 147 cm³/mol. The van der Waals surface area contributed by atoms with Crippen molar-refractivity contribution in [3.05, 3.63) is 35.2 Å². The maximum atomic E-state index is 13.7. The Labute approximate surface area is 224 Å². The van der Waals surface area contributed by atoms with Crippen LogP contribution >= 0.6 is 11.3 Å². The van der Waals surface area contributed by atoms with Gasteiger partial charge in [0.15, 0.2) is 0 Å². The first kappa shape index (κ1) is 26.6. The summed E-state index contributed by atoms with van der Waals surface area (Å²) in [7, 11) is 1.98. The minimum Gasteiger partial charge on any atom is -0.379 e. The number of carbonyl (C=O) groups excluding carboxylic acids is 1. The molecule has 3 aliphatic rings. The maximum absolute atomic E-state index is 13.7. The number of aromatic nitrogens is 1. The third kappa shape index (κ3) is 6.52. The molecule has 3 fully saturated rings. The van der Waals surface area contributed by atoms with E-state index in [-0.39, 0.29) is 17.6 Å². The van der Waals surface area contributed by atoms with E-state index in [0.717, 1.165) is 49.7 Å². The number of ether oxygens (including phenoxy) is 3. The maximum Gasteiger partial charge on any atom is 0.255 e. The van der Waals surface area contributed by atoms with Crippen LogP contribution in [-0.2, 0) is 14.2 Å². The second kappa shape index (κ2) is 12.7. The molecule has 1 amide bonds. The number of nitrogens with zero attached hydrogens (tertiary/aromatic N) is 3. The van der Waals surface area contributed by atoms with Crippen molar-refractivity contribution in [2.75, 3.05) is 71.2 Å². The zero-order valence-electron chi connectivity index (χ0n) is 22.0. The zero-order chi connectivity index (χ0) is 25.5. The molecule has 4 heterocycles. The van der Waals surface area contributed by atoms with Crippen LogP contribution in [0, 0.1) is 0 Å². The van der Waals surface area contributed by atoms with Gasteiger partial charge in [-0.3, -0.25) is 9.69 Å². The first-order valence-corrected chi connectivity index (χ1v) is 14.6. The minimum absolute atomic E-state index is 0.000378. The molecule has 0 bridgehead atoms. The molecule has 1 aliphatic carbocycles. The molecule has 0 aromatic carbocycles. The minimum atomic E-state index is -0.0650. The first-order valence-electron chi connectivity index (χ1n) is 13.7. The lowest BCUT2D eigenvalue weighted by atomic mass is 9.87. The van der Waals surface area contributed by atoms with Gasteiger partial charge in [-0.05, 0) is 36.4 Å². The highest BCUT2D eigenvalue weighted by Gasteiger charge is 2.38. The van der Waals surface area contributed by atoms with Gasteiger partial charge in [0.2, 0.25) is 0 Å². The zero-order valence-corrected chi connectivity index (χ0v) is 22.8. The number of amides is 1. The highest BCUT2D eigenvalue weighted by atomic mass is 32.1. The number of pyridine rings is 1. The summed E-state index contributed by atoms with van der Waals surface area (Å²) in [6, 6.07) is 7.97. The molecular weight excluding hydrogens is 488 g/mol. The number of thiophene rings is 1. The summed E-state index contributed by atoms with van der Waals surface area (Å²) in [5.74, 6) is 0.614. The average molecular weight is 529 g/mol. The molecule has 5 rings (SSSR count). The van der Waals surface area contributed by atoms with E-state index < -0.39 is 0 Å². The van der Waals surface area contributed by atoms with Crippen LogP contribution in [0.15, 0.2) is 29.6 Å². The van der Waals surface area contributed by atoms with Gasteiger partial charge < -0.3 is 24.4 Å². The number of nitrogens with one attached hydrogen (secondary N) is 1. The Balaban J connectivity index is 1.36. The molecule has 2 aliphatic heterocycles. The molecule has 1 atom stereocenters. The van der Waals surface area contributed by atoms with Gasteiger partial charge in [-0.15, -0.1) is 11.3 Å². The number of morpholine rings is 1. The van der Waals surface area contributed by atoms with Gasteiger partial charge in [-0.1, -0.05) is 31.7 Å². The van der Waals surface area contributed by atoms with Crippen molar-refractivity contribution in [3.63, 3.8) is 0 Å². The van der Waals surface area contributed by atoms with E-state index >= 15 is 0 Å². The molecule has 8 nitrogen and oxygen atoms in total. The van der Waals surface area contributed by atoms with Crippen LogP contribution < -0.4 is 10.2 Å². The van der Waals surface area contributed by atoms with Crippen molar-refractivity contribution in [2.45, 2.75) is 50.2 Å². The van der Waals surface area contributed by atoms with Gasteiger partial charge in [0, 0.05) is 38.8 Å². The lowest BCUT2D eigenvalue weighted by Crippen LogP contribution is -2.58. The summed E-state index contributed by atoms with van der Waals surface area (Å²) < 4.78 is 17.1. The fourth-order valence-corrected chi connectivity index (χ4v) is 6.58. The standard InChI is InChI=1S/C28H40N4O4S/c1-31(19-22-20-35-16-17-36-22)26-23(8-9-24(30-26)25-7-6-18-37-25)27(33)29-21-28(10-4-2-3-5-11-28)32-12-14-34-15-13-32/h6-9,18,22H,2-5,10-17,19-21H2,1H3,(H,29,33)/t22-/m1/s1. The van der Waals surface area contributed by atoms with Crippen molar-refractivity contribution in [2.24, 2.45) is 0 Å². The van der Waals surface area contributed by atoms with Crippen LogP contribution in [0.2, 0.25) is 0 Å². The lowest BCUT2D eigenvalue weighted by molar-refractivity contribution is -0.0837. The van der Waals surface area contributed by atoms with Crippen LogP contribution in [0.25, 0.3) is 10.6 Å². The van der Waals surface area contributed by atoms with Gasteiger partial charge in [-0.2, -0.15) is 0 Å². The Morgan fingerprint density at radius 3 is 2.62 bits per heavy atom. The molecule has 0 unspecified atom stereocenters. The van der Waals surface area contributed by atoms with E-state index in [1.165, 1.54) is 25.7 Å². The molecule has 2 aromatic rings. The first-order chi connectivity index (χ1) is 18.1. The number of anilines is 1. The molecule has 0 radical (unpaired) electrons. The molecule has 202 valence electrons. The molecule has 2 saturated heterocycles. The van der Waals surface area contributed by atoms with Gasteiger partial charge in [0.05, 0.1) is 55.3 Å². The van der Waals surface area contributed by atoms with Crippen molar-refractivity contribution >= 4 is 23.1 Å². The Morgan fingerprint density at radius 1 is 1.11 bits per heavy atom. The number of rotatable bonds is 8. The third-order valence-electron chi connectivity index (χ3n) is 7.91. The summed E-state index contributed by atoms with van der Waals surface area (Å²) in [5.41, 5.74) is 1.48. The van der Waals surface area contributed by atoms with Crippen molar-refractivity contribution in [1.82, 2.24) is 15.2 Å². The Hall–Kier alpha value is -2.04. The van der Waals surface area contributed by atoms with Crippen LogP contribution in [0.4, 0.5) is 5.82 Å². The monoisotopic (exact) mass is 528 g/mol. The molecule has 0 spiro atoms. The summed E-state index contributed by atoms with van der Waals surface area (Å²) >= 11 is 1.65. The van der Waals surface area contributed by atoms with Gasteiger partial charge in [0.1, 0.15) is 5.82 Å². The molecule has 37 heavy (non-hydrogen) atoms. The molecule has 2 aromatic heterocycles. The second-order valence-electron chi connectivity index (χ2n) is 10.4. The van der Waals surface area contributed by atoms with E-state index in [1.807, 2.05) is 35.5 Å². The summed E-state index contributed by atoms with van der Waals surface area (Å²) in [6.45, 7) is 6.45. The lowest BCUT2D eigenvalue weighted by Gasteiger charge is -2.45. The molecule has 1 saturated carbocycles. The van der Waals surface area contributed by atoms with E-state index in [1.54, 1.807) is 11.3 Å². The van der Waals surface area contributed by atoms with Crippen LogP contribution in [-0.4, -0.2) is 93.7 Å². The van der Waals surface area contributed by atoms with E-state index in [0.29, 0.717) is 44.3 Å². The summed E-state index contributed by atoms with van der Waals surface area (Å²) in [5, 5.41) is 5.39. The van der Waals surface area contributed by atoms with Crippen molar-refractivity contribution in [3.8, 4) is 10.6 Å². The fourth-order valence-electron chi connectivity index (χ4n) is 5.88. The number of hydrogen-bond donors (Lipinski definition) is 1. The van der Waals surface area contributed by atoms with Gasteiger partial charge >= 0.3 is 0 Å². The largest absolute Gasteiger partial charge is 0.379 e. The second-order valence-corrected chi connectivity index (χ2v) is 11.4. The summed E-state index contributed by atoms with van der Waals surface area (Å²) in [6.07, 6.45) is 7.16. The predicted octanol–water partition coefficient (Wildman–Crippen LogP) is 3.82. The van der Waals surface area contributed by atoms with E-state index in [2.05, 4.69) is 16.3 Å². The highest BCUT2D eigenvalue weighted by Crippen LogP contribution is 2.33. The average Bonchev–Trinajstić information content (AvgIpc) is 3.38. The topological polar surface area (TPSA) is 76.2 Å². The summed E-state index contributed by atoms with van der Waals surface area (Å²) in [4.78, 5) is 24.4. The highest BCUT2D eigenvalue weighted by molar-refractivity contribution is 7.13.